The average molecular weight is 519 g/mol. The van der Waals surface area contributed by atoms with Crippen LogP contribution >= 0.6 is 11.6 Å². The molecule has 2 N–H and O–H groups in total. The van der Waals surface area contributed by atoms with Crippen molar-refractivity contribution in [2.75, 3.05) is 32.9 Å². The zero-order chi connectivity index (χ0) is 24.8. The molecular weight excluding hydrogens is 492 g/mol. The summed E-state index contributed by atoms with van der Waals surface area (Å²) in [5.41, 5.74) is 6.33. The lowest BCUT2D eigenvalue weighted by Gasteiger charge is -2.24. The van der Waals surface area contributed by atoms with Crippen LogP contribution in [0, 0.1) is 0 Å². The molecule has 4 aromatic rings. The molecule has 3 aliphatic heterocycles. The van der Waals surface area contributed by atoms with Gasteiger partial charge in [0, 0.05) is 25.3 Å². The van der Waals surface area contributed by atoms with Gasteiger partial charge in [0.15, 0.2) is 11.8 Å². The predicted octanol–water partition coefficient (Wildman–Crippen LogP) is 4.54. The highest BCUT2D eigenvalue weighted by atomic mass is 35.5. The van der Waals surface area contributed by atoms with E-state index in [1.54, 1.807) is 0 Å². The summed E-state index contributed by atoms with van der Waals surface area (Å²) in [6, 6.07) is 19.0. The molecule has 5 heterocycles. The minimum absolute atomic E-state index is 0.0485. The molecule has 37 heavy (non-hydrogen) atoms. The molecule has 0 amide bonds. The van der Waals surface area contributed by atoms with Crippen molar-refractivity contribution in [2.45, 2.75) is 30.8 Å². The molecule has 2 aromatic carbocycles. The molecular formula is C28H27ClN4O4. The van der Waals surface area contributed by atoms with E-state index in [2.05, 4.69) is 51.7 Å². The van der Waals surface area contributed by atoms with Gasteiger partial charge in [-0.15, -0.1) is 0 Å². The van der Waals surface area contributed by atoms with Gasteiger partial charge in [-0.25, -0.2) is 4.98 Å². The van der Waals surface area contributed by atoms with Crippen LogP contribution in [0.25, 0.3) is 33.5 Å². The Bertz CT molecular complexity index is 1400. The lowest BCUT2D eigenvalue weighted by molar-refractivity contribution is 0.0273. The van der Waals surface area contributed by atoms with Crippen LogP contribution in [0.4, 0.5) is 0 Å². The maximum absolute atomic E-state index is 6.63. The van der Waals surface area contributed by atoms with Crippen molar-refractivity contribution in [3.63, 3.8) is 0 Å². The first-order valence-electron chi connectivity index (χ1n) is 12.7. The summed E-state index contributed by atoms with van der Waals surface area (Å²) in [6.45, 7) is 3.70. The zero-order valence-corrected chi connectivity index (χ0v) is 20.9. The molecule has 0 saturated carbocycles. The quantitative estimate of drug-likeness (QED) is 0.401. The first-order valence-corrected chi connectivity index (χ1v) is 13.1. The maximum atomic E-state index is 6.63. The molecule has 0 radical (unpaired) electrons. The third kappa shape index (κ3) is 4.49. The van der Waals surface area contributed by atoms with Crippen LogP contribution in [-0.4, -0.2) is 66.2 Å². The van der Waals surface area contributed by atoms with Crippen LogP contribution < -0.4 is 10.1 Å². The van der Waals surface area contributed by atoms with Gasteiger partial charge in [-0.3, -0.25) is 0 Å². The van der Waals surface area contributed by atoms with Crippen molar-refractivity contribution < 1.29 is 18.9 Å². The SMILES string of the molecule is Clc1cc2[nH]c(O[C@@H]3COC4CCOC43)nc2nc1-c1ccc(-c2ccc(C3CNCCO3)cc2)cc1. The molecule has 190 valence electrons. The number of halogens is 1. The number of hydrogen-bond acceptors (Lipinski definition) is 7. The summed E-state index contributed by atoms with van der Waals surface area (Å²) in [4.78, 5) is 12.5. The fraction of sp³-hybridized carbons (Fsp3) is 0.357. The molecule has 4 atom stereocenters. The van der Waals surface area contributed by atoms with Gasteiger partial charge in [0.2, 0.25) is 0 Å². The third-order valence-electron chi connectivity index (χ3n) is 7.29. The van der Waals surface area contributed by atoms with Gasteiger partial charge in [0.05, 0.1) is 41.7 Å². The van der Waals surface area contributed by atoms with Gasteiger partial charge >= 0.3 is 0 Å². The number of nitrogens with one attached hydrogen (secondary N) is 2. The van der Waals surface area contributed by atoms with Crippen molar-refractivity contribution in [2.24, 2.45) is 0 Å². The van der Waals surface area contributed by atoms with E-state index in [1.165, 1.54) is 5.56 Å². The van der Waals surface area contributed by atoms with Crippen molar-refractivity contribution in [1.29, 1.82) is 0 Å². The number of H-pyrrole nitrogens is 1. The van der Waals surface area contributed by atoms with E-state index in [0.29, 0.717) is 35.6 Å². The summed E-state index contributed by atoms with van der Waals surface area (Å²) >= 11 is 6.63. The van der Waals surface area contributed by atoms with E-state index in [9.17, 15) is 0 Å². The minimum Gasteiger partial charge on any atom is -0.456 e. The summed E-state index contributed by atoms with van der Waals surface area (Å²) in [6.07, 6.45) is 0.894. The first kappa shape index (κ1) is 23.1. The Morgan fingerprint density at radius 2 is 1.68 bits per heavy atom. The van der Waals surface area contributed by atoms with Gasteiger partial charge in [-0.1, -0.05) is 60.1 Å². The van der Waals surface area contributed by atoms with E-state index in [-0.39, 0.29) is 24.4 Å². The second-order valence-electron chi connectivity index (χ2n) is 9.65. The van der Waals surface area contributed by atoms with E-state index >= 15 is 0 Å². The Balaban J connectivity index is 1.09. The van der Waals surface area contributed by atoms with Crippen LogP contribution in [-0.2, 0) is 14.2 Å². The Morgan fingerprint density at radius 1 is 0.892 bits per heavy atom. The minimum atomic E-state index is -0.184. The number of nitrogens with zero attached hydrogens (tertiary/aromatic N) is 2. The molecule has 3 aliphatic rings. The monoisotopic (exact) mass is 518 g/mol. The molecule has 0 aliphatic carbocycles. The van der Waals surface area contributed by atoms with E-state index in [1.807, 2.05) is 18.2 Å². The van der Waals surface area contributed by atoms with Crippen LogP contribution in [0.5, 0.6) is 6.01 Å². The number of benzene rings is 2. The molecule has 9 heteroatoms. The van der Waals surface area contributed by atoms with Gasteiger partial charge < -0.3 is 29.2 Å². The molecule has 3 fully saturated rings. The number of morpholine rings is 1. The smallest absolute Gasteiger partial charge is 0.296 e. The van der Waals surface area contributed by atoms with Crippen molar-refractivity contribution in [3.05, 3.63) is 65.2 Å². The van der Waals surface area contributed by atoms with Crippen LogP contribution in [0.3, 0.4) is 0 Å². The number of ether oxygens (including phenoxy) is 4. The Labute approximate surface area is 219 Å². The van der Waals surface area contributed by atoms with Gasteiger partial charge in [-0.05, 0) is 29.2 Å². The maximum Gasteiger partial charge on any atom is 0.296 e. The van der Waals surface area contributed by atoms with Crippen LogP contribution in [0.2, 0.25) is 5.02 Å². The summed E-state index contributed by atoms with van der Waals surface area (Å²) in [5, 5.41) is 3.92. The largest absolute Gasteiger partial charge is 0.456 e. The fourth-order valence-electron chi connectivity index (χ4n) is 5.32. The Morgan fingerprint density at radius 3 is 2.46 bits per heavy atom. The predicted molar refractivity (Wildman–Crippen MR) is 140 cm³/mol. The molecule has 0 bridgehead atoms. The first-order chi connectivity index (χ1) is 18.2. The van der Waals surface area contributed by atoms with Crippen molar-refractivity contribution in [1.82, 2.24) is 20.3 Å². The molecule has 0 spiro atoms. The van der Waals surface area contributed by atoms with Crippen LogP contribution in [0.1, 0.15) is 18.1 Å². The van der Waals surface area contributed by atoms with E-state index in [4.69, 9.17) is 35.5 Å². The third-order valence-corrected chi connectivity index (χ3v) is 7.58. The highest BCUT2D eigenvalue weighted by Crippen LogP contribution is 2.33. The second-order valence-corrected chi connectivity index (χ2v) is 10.1. The Kier molecular flexibility index (Phi) is 6.07. The number of fused-ring (bicyclic) bond motifs is 2. The molecule has 3 saturated heterocycles. The number of aromatic amines is 1. The number of aromatic nitrogens is 3. The van der Waals surface area contributed by atoms with E-state index in [0.717, 1.165) is 48.3 Å². The van der Waals surface area contributed by atoms with Gasteiger partial charge in [0.1, 0.15) is 6.10 Å². The van der Waals surface area contributed by atoms with Crippen LogP contribution in [0.15, 0.2) is 54.6 Å². The standard InChI is InChI=1S/C28H27ClN4O4/c29-20-13-21-27(33-28(31-21)37-24-15-36-22-9-11-35-26(22)24)32-25(20)19-7-3-17(4-8-19)16-1-5-18(6-2-16)23-14-30-10-12-34-23/h1-8,13,22-24,26,30H,9-12,14-15H2,(H,31,32,33)/t22?,23?,24-,26?/m1/s1. The number of pyridine rings is 1. The van der Waals surface area contributed by atoms with Gasteiger partial charge in [-0.2, -0.15) is 4.98 Å². The number of rotatable bonds is 5. The van der Waals surface area contributed by atoms with E-state index < -0.39 is 0 Å². The zero-order valence-electron chi connectivity index (χ0n) is 20.2. The summed E-state index contributed by atoms with van der Waals surface area (Å²) in [5.74, 6) is 0. The molecule has 2 aromatic heterocycles. The average Bonchev–Trinajstić information content (AvgIpc) is 3.66. The Hall–Kier alpha value is -3.01. The lowest BCUT2D eigenvalue weighted by atomic mass is 9.99. The highest BCUT2D eigenvalue weighted by molar-refractivity contribution is 6.33. The van der Waals surface area contributed by atoms with Gasteiger partial charge in [0.25, 0.3) is 6.01 Å². The summed E-state index contributed by atoms with van der Waals surface area (Å²) in [7, 11) is 0. The second kappa shape index (κ2) is 9.70. The number of imidazole rings is 1. The molecule has 8 nitrogen and oxygen atoms in total. The van der Waals surface area contributed by atoms with Crippen molar-refractivity contribution in [3.8, 4) is 28.4 Å². The lowest BCUT2D eigenvalue weighted by Crippen LogP contribution is -2.33. The van der Waals surface area contributed by atoms with Crippen molar-refractivity contribution >= 4 is 22.8 Å². The topological polar surface area (TPSA) is 90.5 Å². The summed E-state index contributed by atoms with van der Waals surface area (Å²) < 4.78 is 23.5. The highest BCUT2D eigenvalue weighted by Gasteiger charge is 2.43. The fourth-order valence-corrected chi connectivity index (χ4v) is 5.58. The normalized spacial score (nSPS) is 25.4. The number of hydrogen-bond donors (Lipinski definition) is 2. The molecule has 7 rings (SSSR count). The molecule has 3 unspecified atom stereocenters.